The molecule has 2 aromatic carbocycles. The summed E-state index contributed by atoms with van der Waals surface area (Å²) < 4.78 is 61.0. The zero-order chi connectivity index (χ0) is 29.8. The second kappa shape index (κ2) is 12.3. The number of carboxylic acid groups (broad SMARTS) is 1. The third kappa shape index (κ3) is 7.78. The van der Waals surface area contributed by atoms with Gasteiger partial charge in [-0.1, -0.05) is 29.8 Å². The normalized spacial score (nSPS) is 18.1. The van der Waals surface area contributed by atoms with Crippen molar-refractivity contribution >= 4 is 38.1 Å². The van der Waals surface area contributed by atoms with E-state index < -0.39 is 62.7 Å². The first kappa shape index (κ1) is 31.0. The number of nitrogens with zero attached hydrogens (tertiary/aromatic N) is 2. The highest BCUT2D eigenvalue weighted by Crippen LogP contribution is 2.26. The van der Waals surface area contributed by atoms with Crippen LogP contribution in [0.4, 0.5) is 4.79 Å². The van der Waals surface area contributed by atoms with Crippen LogP contribution < -0.4 is 10.1 Å². The van der Waals surface area contributed by atoms with E-state index in [1.165, 1.54) is 67.5 Å². The molecule has 1 unspecified atom stereocenters. The van der Waals surface area contributed by atoms with Gasteiger partial charge in [0.15, 0.2) is 0 Å². The molecule has 1 fully saturated rings. The molecule has 1 saturated heterocycles. The molecule has 2 aromatic rings. The van der Waals surface area contributed by atoms with Crippen molar-refractivity contribution in [1.82, 2.24) is 14.5 Å². The largest absolute Gasteiger partial charge is 0.480 e. The molecule has 0 aromatic heterocycles. The van der Waals surface area contributed by atoms with Crippen LogP contribution in [0.25, 0.3) is 0 Å². The SMILES string of the molecule is Cc1ccc(S(=O)(=O)N(C(=O)[C@@H]2CC(OS(C)(=O)=O)CN2)[C@@H](Cc2ccc(OC(=O)N(C)C)cc2)C(=O)O)cc1. The first-order chi connectivity index (χ1) is 18.6. The van der Waals surface area contributed by atoms with E-state index >= 15 is 0 Å². The summed E-state index contributed by atoms with van der Waals surface area (Å²) in [5, 5.41) is 12.9. The smallest absolute Gasteiger partial charge is 0.414 e. The predicted molar refractivity (Wildman–Crippen MR) is 143 cm³/mol. The Bertz CT molecular complexity index is 1460. The Morgan fingerprint density at radius 2 is 1.62 bits per heavy atom. The van der Waals surface area contributed by atoms with Gasteiger partial charge in [-0.2, -0.15) is 8.42 Å². The minimum Gasteiger partial charge on any atom is -0.480 e. The van der Waals surface area contributed by atoms with E-state index in [-0.39, 0.29) is 23.6 Å². The number of amides is 2. The number of nitrogens with one attached hydrogen (secondary N) is 1. The molecule has 13 nitrogen and oxygen atoms in total. The van der Waals surface area contributed by atoms with Crippen LogP contribution in [0.2, 0.25) is 0 Å². The molecule has 3 atom stereocenters. The van der Waals surface area contributed by atoms with E-state index in [9.17, 15) is 36.3 Å². The van der Waals surface area contributed by atoms with Crippen LogP contribution in [0.1, 0.15) is 17.5 Å². The lowest BCUT2D eigenvalue weighted by atomic mass is 10.0. The molecular weight excluding hydrogens is 566 g/mol. The molecule has 0 saturated carbocycles. The van der Waals surface area contributed by atoms with Crippen LogP contribution in [-0.4, -0.2) is 94.2 Å². The van der Waals surface area contributed by atoms with Crippen molar-refractivity contribution in [3.63, 3.8) is 0 Å². The average molecular weight is 598 g/mol. The van der Waals surface area contributed by atoms with Gasteiger partial charge in [0.1, 0.15) is 11.8 Å². The molecule has 218 valence electrons. The van der Waals surface area contributed by atoms with Gasteiger partial charge in [-0.05, 0) is 36.8 Å². The van der Waals surface area contributed by atoms with E-state index in [1.54, 1.807) is 6.92 Å². The minimum absolute atomic E-state index is 0.0627. The maximum atomic E-state index is 13.8. The molecule has 2 amide bonds. The Kier molecular flexibility index (Phi) is 9.56. The van der Waals surface area contributed by atoms with Gasteiger partial charge in [-0.25, -0.2) is 22.3 Å². The molecule has 0 aliphatic carbocycles. The molecule has 15 heteroatoms. The number of carboxylic acids is 1. The number of carbonyl (C=O) groups is 3. The van der Waals surface area contributed by atoms with Crippen LogP contribution in [-0.2, 0) is 40.3 Å². The fraction of sp³-hybridized carbons (Fsp3) is 0.400. The molecular formula is C25H31N3O10S2. The van der Waals surface area contributed by atoms with Crippen molar-refractivity contribution < 1.29 is 45.2 Å². The van der Waals surface area contributed by atoms with Crippen molar-refractivity contribution in [3.8, 4) is 5.75 Å². The number of aliphatic carboxylic acids is 1. The fourth-order valence-corrected chi connectivity index (χ4v) is 6.22. The Labute approximate surface area is 232 Å². The summed E-state index contributed by atoms with van der Waals surface area (Å²) in [5.74, 6) is -2.46. The summed E-state index contributed by atoms with van der Waals surface area (Å²) in [4.78, 5) is 38.9. The van der Waals surface area contributed by atoms with Gasteiger partial charge in [0.05, 0.1) is 23.3 Å². The highest BCUT2D eigenvalue weighted by atomic mass is 32.2. The van der Waals surface area contributed by atoms with Crippen LogP contribution in [0, 0.1) is 6.92 Å². The standard InChI is InChI=1S/C25H31N3O10S2/c1-16-5-11-20(12-6-16)40(35,36)28(23(29)21-14-19(15-26-21)38-39(4,33)34)22(24(30)31)13-17-7-9-18(10-8-17)37-25(32)27(2)3/h5-12,19,21-22,26H,13-15H2,1-4H3,(H,30,31)/t19?,21-,22-/m0/s1. The summed E-state index contributed by atoms with van der Waals surface area (Å²) in [5.41, 5.74) is 1.10. The summed E-state index contributed by atoms with van der Waals surface area (Å²) >= 11 is 0. The Balaban J connectivity index is 1.97. The Morgan fingerprint density at radius 1 is 1.02 bits per heavy atom. The molecule has 1 aliphatic rings. The highest BCUT2D eigenvalue weighted by Gasteiger charge is 2.45. The number of hydrogen-bond acceptors (Lipinski definition) is 10. The van der Waals surface area contributed by atoms with Crippen molar-refractivity contribution in [2.24, 2.45) is 0 Å². The molecule has 0 bridgehead atoms. The second-order valence-corrected chi connectivity index (χ2v) is 13.0. The van der Waals surface area contributed by atoms with E-state index in [2.05, 4.69) is 5.32 Å². The fourth-order valence-electron chi connectivity index (χ4n) is 4.01. The molecule has 0 spiro atoms. The third-order valence-electron chi connectivity index (χ3n) is 5.99. The number of carbonyl (C=O) groups excluding carboxylic acids is 2. The number of aryl methyl sites for hydroxylation is 1. The van der Waals surface area contributed by atoms with Crippen molar-refractivity contribution in [3.05, 3.63) is 59.7 Å². The van der Waals surface area contributed by atoms with Gasteiger partial charge in [0, 0.05) is 33.5 Å². The van der Waals surface area contributed by atoms with Crippen LogP contribution in [0.5, 0.6) is 5.75 Å². The summed E-state index contributed by atoms with van der Waals surface area (Å²) in [6.07, 6.45) is -1.30. The molecule has 40 heavy (non-hydrogen) atoms. The Morgan fingerprint density at radius 3 is 2.15 bits per heavy atom. The lowest BCUT2D eigenvalue weighted by molar-refractivity contribution is -0.146. The number of hydrogen-bond donors (Lipinski definition) is 2. The molecule has 3 rings (SSSR count). The third-order valence-corrected chi connectivity index (χ3v) is 8.43. The van der Waals surface area contributed by atoms with Crippen molar-refractivity contribution in [2.75, 3.05) is 26.9 Å². The highest BCUT2D eigenvalue weighted by molar-refractivity contribution is 7.89. The summed E-state index contributed by atoms with van der Waals surface area (Å²) in [6, 6.07) is 8.26. The number of ether oxygens (including phenoxy) is 1. The van der Waals surface area contributed by atoms with Crippen molar-refractivity contribution in [1.29, 1.82) is 0 Å². The first-order valence-electron chi connectivity index (χ1n) is 12.1. The van der Waals surface area contributed by atoms with Gasteiger partial charge >= 0.3 is 12.1 Å². The Hall–Kier alpha value is -3.53. The maximum absolute atomic E-state index is 13.8. The monoisotopic (exact) mass is 597 g/mol. The molecule has 2 N–H and O–H groups in total. The minimum atomic E-state index is -4.68. The van der Waals surface area contributed by atoms with E-state index in [1.807, 2.05) is 0 Å². The molecule has 0 radical (unpaired) electrons. The van der Waals surface area contributed by atoms with Gasteiger partial charge in [0.25, 0.3) is 26.0 Å². The van der Waals surface area contributed by atoms with Crippen LogP contribution in [0.3, 0.4) is 0 Å². The molecule has 1 heterocycles. The second-order valence-electron chi connectivity index (χ2n) is 9.54. The summed E-state index contributed by atoms with van der Waals surface area (Å²) in [7, 11) is -5.52. The van der Waals surface area contributed by atoms with Gasteiger partial charge in [0.2, 0.25) is 0 Å². The first-order valence-corrected chi connectivity index (χ1v) is 15.3. The van der Waals surface area contributed by atoms with Gasteiger partial charge < -0.3 is 20.1 Å². The van der Waals surface area contributed by atoms with Crippen LogP contribution >= 0.6 is 0 Å². The lowest BCUT2D eigenvalue weighted by Crippen LogP contribution is -2.54. The topological polar surface area (TPSA) is 177 Å². The van der Waals surface area contributed by atoms with E-state index in [0.29, 0.717) is 9.87 Å². The zero-order valence-electron chi connectivity index (χ0n) is 22.3. The number of rotatable bonds is 10. The predicted octanol–water partition coefficient (Wildman–Crippen LogP) is 0.975. The zero-order valence-corrected chi connectivity index (χ0v) is 23.9. The number of benzene rings is 2. The van der Waals surface area contributed by atoms with Crippen molar-refractivity contribution in [2.45, 2.75) is 42.8 Å². The summed E-state index contributed by atoms with van der Waals surface area (Å²) in [6.45, 7) is 1.68. The average Bonchev–Trinajstić information content (AvgIpc) is 3.31. The van der Waals surface area contributed by atoms with E-state index in [0.717, 1.165) is 11.8 Å². The van der Waals surface area contributed by atoms with Gasteiger partial charge in [-0.3, -0.25) is 8.98 Å². The lowest BCUT2D eigenvalue weighted by Gasteiger charge is -2.30. The van der Waals surface area contributed by atoms with Gasteiger partial charge in [-0.15, -0.1) is 0 Å². The number of sulfonamides is 1. The molecule has 1 aliphatic heterocycles. The quantitative estimate of drug-likeness (QED) is 0.373. The van der Waals surface area contributed by atoms with Crippen LogP contribution in [0.15, 0.2) is 53.4 Å². The maximum Gasteiger partial charge on any atom is 0.414 e. The van der Waals surface area contributed by atoms with E-state index in [4.69, 9.17) is 8.92 Å².